The van der Waals surface area contributed by atoms with Gasteiger partial charge in [-0.15, -0.1) is 0 Å². The van der Waals surface area contributed by atoms with Crippen molar-refractivity contribution in [3.8, 4) is 5.69 Å². The lowest BCUT2D eigenvalue weighted by Gasteiger charge is -2.07. The molecule has 0 bridgehead atoms. The van der Waals surface area contributed by atoms with Crippen LogP contribution in [0.1, 0.15) is 35.0 Å². The third-order valence-electron chi connectivity index (χ3n) is 4.37. The summed E-state index contributed by atoms with van der Waals surface area (Å²) in [6.45, 7) is 4.01. The lowest BCUT2D eigenvalue weighted by atomic mass is 10.1. The van der Waals surface area contributed by atoms with Gasteiger partial charge >= 0.3 is 0 Å². The molecule has 0 aliphatic carbocycles. The number of aromatic nitrogens is 2. The van der Waals surface area contributed by atoms with E-state index in [1.165, 1.54) is 12.5 Å². The first-order chi connectivity index (χ1) is 13.5. The van der Waals surface area contributed by atoms with E-state index in [1.54, 1.807) is 24.3 Å². The molecule has 3 rings (SSSR count). The molecule has 2 N–H and O–H groups in total. The standard InChI is InChI=1S/C22H24N4O2/c1-16-19(15-26(25-16)21-11-4-3-5-12-21)9-7-13-23-22(28)18-8-6-10-20(14-18)24-17(2)27/h3-6,8,10-12,14-15H,7,9,13H2,1-2H3,(H,23,28)(H,24,27). The normalized spacial score (nSPS) is 10.5. The summed E-state index contributed by atoms with van der Waals surface area (Å²) in [6.07, 6.45) is 3.70. The largest absolute Gasteiger partial charge is 0.352 e. The minimum absolute atomic E-state index is 0.149. The number of para-hydroxylation sites is 1. The lowest BCUT2D eigenvalue weighted by molar-refractivity contribution is -0.114. The molecule has 3 aromatic rings. The van der Waals surface area contributed by atoms with E-state index in [1.807, 2.05) is 48.1 Å². The molecule has 0 unspecified atom stereocenters. The molecule has 0 spiro atoms. The van der Waals surface area contributed by atoms with Crippen molar-refractivity contribution >= 4 is 17.5 Å². The number of amides is 2. The molecule has 1 heterocycles. The first-order valence-electron chi connectivity index (χ1n) is 9.29. The van der Waals surface area contributed by atoms with Gasteiger partial charge < -0.3 is 10.6 Å². The molecule has 0 aliphatic heterocycles. The van der Waals surface area contributed by atoms with Gasteiger partial charge in [0.15, 0.2) is 0 Å². The number of hydrogen-bond donors (Lipinski definition) is 2. The maximum atomic E-state index is 12.3. The lowest BCUT2D eigenvalue weighted by Crippen LogP contribution is -2.25. The number of anilines is 1. The Kier molecular flexibility index (Phi) is 6.22. The van der Waals surface area contributed by atoms with E-state index in [-0.39, 0.29) is 11.8 Å². The maximum absolute atomic E-state index is 12.3. The summed E-state index contributed by atoms with van der Waals surface area (Å²) in [7, 11) is 0. The second-order valence-electron chi connectivity index (χ2n) is 6.64. The Morgan fingerprint density at radius 2 is 1.86 bits per heavy atom. The van der Waals surface area contributed by atoms with Crippen LogP contribution in [0.25, 0.3) is 5.69 Å². The van der Waals surface area contributed by atoms with Crippen LogP contribution in [-0.4, -0.2) is 28.1 Å². The van der Waals surface area contributed by atoms with Crippen molar-refractivity contribution in [2.45, 2.75) is 26.7 Å². The topological polar surface area (TPSA) is 76.0 Å². The summed E-state index contributed by atoms with van der Waals surface area (Å²) in [5, 5.41) is 10.2. The van der Waals surface area contributed by atoms with Gasteiger partial charge in [0.25, 0.3) is 5.91 Å². The van der Waals surface area contributed by atoms with Crippen molar-refractivity contribution in [1.29, 1.82) is 0 Å². The maximum Gasteiger partial charge on any atom is 0.251 e. The van der Waals surface area contributed by atoms with Gasteiger partial charge in [-0.1, -0.05) is 24.3 Å². The number of benzene rings is 2. The van der Waals surface area contributed by atoms with Gasteiger partial charge in [-0.2, -0.15) is 5.10 Å². The van der Waals surface area contributed by atoms with E-state index in [0.717, 1.165) is 24.2 Å². The Labute approximate surface area is 164 Å². The summed E-state index contributed by atoms with van der Waals surface area (Å²) >= 11 is 0. The van der Waals surface area contributed by atoms with Crippen LogP contribution in [0.4, 0.5) is 5.69 Å². The second-order valence-corrected chi connectivity index (χ2v) is 6.64. The van der Waals surface area contributed by atoms with Crippen LogP contribution in [0.15, 0.2) is 60.8 Å². The second kappa shape index (κ2) is 8.99. The third kappa shape index (κ3) is 5.07. The smallest absolute Gasteiger partial charge is 0.251 e. The molecule has 28 heavy (non-hydrogen) atoms. The first kappa shape index (κ1) is 19.4. The zero-order valence-electron chi connectivity index (χ0n) is 16.1. The fourth-order valence-electron chi connectivity index (χ4n) is 2.98. The number of nitrogens with zero attached hydrogens (tertiary/aromatic N) is 2. The monoisotopic (exact) mass is 376 g/mol. The average molecular weight is 376 g/mol. The fourth-order valence-corrected chi connectivity index (χ4v) is 2.98. The zero-order valence-corrected chi connectivity index (χ0v) is 16.1. The highest BCUT2D eigenvalue weighted by molar-refractivity contribution is 5.96. The Morgan fingerprint density at radius 1 is 1.07 bits per heavy atom. The van der Waals surface area contributed by atoms with Crippen molar-refractivity contribution in [3.05, 3.63) is 77.6 Å². The predicted octanol–water partition coefficient (Wildman–Crippen LogP) is 3.50. The zero-order chi connectivity index (χ0) is 19.9. The molecule has 0 saturated carbocycles. The van der Waals surface area contributed by atoms with E-state index in [4.69, 9.17) is 0 Å². The van der Waals surface area contributed by atoms with Crippen LogP contribution < -0.4 is 10.6 Å². The average Bonchev–Trinajstić information content (AvgIpc) is 3.06. The molecule has 0 fully saturated rings. The summed E-state index contributed by atoms with van der Waals surface area (Å²) in [4.78, 5) is 23.5. The number of hydrogen-bond acceptors (Lipinski definition) is 3. The molecular weight excluding hydrogens is 352 g/mol. The molecule has 2 aromatic carbocycles. The van der Waals surface area contributed by atoms with Crippen molar-refractivity contribution in [2.24, 2.45) is 0 Å². The van der Waals surface area contributed by atoms with E-state index >= 15 is 0 Å². The molecule has 0 aliphatic rings. The molecule has 2 amide bonds. The van der Waals surface area contributed by atoms with Crippen LogP contribution in [0, 0.1) is 6.92 Å². The number of rotatable bonds is 7. The molecule has 0 radical (unpaired) electrons. The number of carbonyl (C=O) groups excluding carboxylic acids is 2. The fraction of sp³-hybridized carbons (Fsp3) is 0.227. The van der Waals surface area contributed by atoms with Crippen LogP contribution in [0.5, 0.6) is 0 Å². The van der Waals surface area contributed by atoms with Gasteiger partial charge in [0, 0.05) is 30.9 Å². The number of aryl methyl sites for hydroxylation is 2. The highest BCUT2D eigenvalue weighted by atomic mass is 16.2. The van der Waals surface area contributed by atoms with Gasteiger partial charge in [0.2, 0.25) is 5.91 Å². The Balaban J connectivity index is 1.51. The molecule has 144 valence electrons. The molecule has 6 heteroatoms. The highest BCUT2D eigenvalue weighted by Gasteiger charge is 2.08. The molecule has 1 aromatic heterocycles. The predicted molar refractivity (Wildman–Crippen MR) is 110 cm³/mol. The van der Waals surface area contributed by atoms with Crippen molar-refractivity contribution in [2.75, 3.05) is 11.9 Å². The Morgan fingerprint density at radius 3 is 2.61 bits per heavy atom. The Hall–Kier alpha value is -3.41. The van der Waals surface area contributed by atoms with Crippen LogP contribution in [-0.2, 0) is 11.2 Å². The molecule has 0 saturated heterocycles. The summed E-state index contributed by atoms with van der Waals surface area (Å²) < 4.78 is 1.89. The van der Waals surface area contributed by atoms with Crippen LogP contribution >= 0.6 is 0 Å². The van der Waals surface area contributed by atoms with E-state index in [2.05, 4.69) is 15.7 Å². The van der Waals surface area contributed by atoms with E-state index in [9.17, 15) is 9.59 Å². The number of nitrogens with one attached hydrogen (secondary N) is 2. The van der Waals surface area contributed by atoms with Gasteiger partial charge in [-0.25, -0.2) is 4.68 Å². The molecular formula is C22H24N4O2. The quantitative estimate of drug-likeness (QED) is 0.620. The van der Waals surface area contributed by atoms with Crippen LogP contribution in [0.2, 0.25) is 0 Å². The van der Waals surface area contributed by atoms with Gasteiger partial charge in [-0.05, 0) is 55.7 Å². The van der Waals surface area contributed by atoms with Crippen molar-refractivity contribution in [3.63, 3.8) is 0 Å². The summed E-state index contributed by atoms with van der Waals surface area (Å²) in [6, 6.07) is 16.9. The van der Waals surface area contributed by atoms with Crippen molar-refractivity contribution in [1.82, 2.24) is 15.1 Å². The SMILES string of the molecule is CC(=O)Nc1cccc(C(=O)NCCCc2cn(-c3ccccc3)nc2C)c1. The Bertz CT molecular complexity index is 964. The molecule has 6 nitrogen and oxygen atoms in total. The summed E-state index contributed by atoms with van der Waals surface area (Å²) in [5.74, 6) is -0.312. The van der Waals surface area contributed by atoms with Gasteiger partial charge in [-0.3, -0.25) is 9.59 Å². The van der Waals surface area contributed by atoms with Gasteiger partial charge in [0.05, 0.1) is 11.4 Å². The summed E-state index contributed by atoms with van der Waals surface area (Å²) in [5.41, 5.74) is 4.34. The first-order valence-corrected chi connectivity index (χ1v) is 9.29. The number of carbonyl (C=O) groups is 2. The van der Waals surface area contributed by atoms with E-state index < -0.39 is 0 Å². The van der Waals surface area contributed by atoms with Crippen molar-refractivity contribution < 1.29 is 9.59 Å². The van der Waals surface area contributed by atoms with Crippen LogP contribution in [0.3, 0.4) is 0 Å². The highest BCUT2D eigenvalue weighted by Crippen LogP contribution is 2.14. The van der Waals surface area contributed by atoms with Gasteiger partial charge in [0.1, 0.15) is 0 Å². The van der Waals surface area contributed by atoms with E-state index in [0.29, 0.717) is 17.8 Å². The minimum Gasteiger partial charge on any atom is -0.352 e. The third-order valence-corrected chi connectivity index (χ3v) is 4.37. The molecule has 0 atom stereocenters. The minimum atomic E-state index is -0.163.